The molecule has 0 radical (unpaired) electrons. The van der Waals surface area contributed by atoms with Crippen LogP contribution in [0.3, 0.4) is 0 Å². The molecule has 0 amide bonds. The van der Waals surface area contributed by atoms with Crippen LogP contribution in [0.15, 0.2) is 23.1 Å². The number of rotatable bonds is 0. The van der Waals surface area contributed by atoms with E-state index in [0.29, 0.717) is 5.69 Å². The number of fused-ring (bicyclic) bond motifs is 1. The molecule has 5 heteroatoms. The van der Waals surface area contributed by atoms with Gasteiger partial charge in [0.05, 0.1) is 22.7 Å². The van der Waals surface area contributed by atoms with Gasteiger partial charge < -0.3 is 4.90 Å². The summed E-state index contributed by atoms with van der Waals surface area (Å²) in [5, 5.41) is 8.04. The van der Waals surface area contributed by atoms with E-state index in [1.54, 1.807) is 19.1 Å². The van der Waals surface area contributed by atoms with E-state index in [4.69, 9.17) is 5.26 Å². The van der Waals surface area contributed by atoms with E-state index in [1.807, 2.05) is 31.0 Å². The first-order valence-electron chi connectivity index (χ1n) is 5.36. The molecule has 0 spiro atoms. The average Bonchev–Trinajstić information content (AvgIpc) is 2.26. The number of hydrogen-bond donors (Lipinski definition) is 0. The molecule has 1 aliphatic heterocycles. The molecule has 1 aliphatic rings. The molecule has 90 valence electrons. The van der Waals surface area contributed by atoms with Crippen molar-refractivity contribution < 1.29 is 8.42 Å². The van der Waals surface area contributed by atoms with Gasteiger partial charge in [-0.15, -0.1) is 0 Å². The maximum atomic E-state index is 12.3. The Kier molecular flexibility index (Phi) is 2.63. The number of nitrogens with zero attached hydrogens (tertiary/aromatic N) is 2. The lowest BCUT2D eigenvalue weighted by Crippen LogP contribution is -2.47. The molecule has 0 saturated heterocycles. The molecule has 0 fully saturated rings. The first-order valence-corrected chi connectivity index (χ1v) is 6.91. The van der Waals surface area contributed by atoms with Crippen molar-refractivity contribution in [3.8, 4) is 6.07 Å². The Hall–Kier alpha value is -1.54. The Labute approximate surface area is 101 Å². The maximum absolute atomic E-state index is 12.3. The Morgan fingerprint density at radius 2 is 2.06 bits per heavy atom. The lowest BCUT2D eigenvalue weighted by molar-refractivity contribution is 0.563. The fourth-order valence-corrected chi connectivity index (χ4v) is 4.01. The maximum Gasteiger partial charge on any atom is 0.198 e. The molecule has 4 nitrogen and oxygen atoms in total. The number of anilines is 1. The second kappa shape index (κ2) is 3.74. The Bertz CT molecular complexity index is 601. The summed E-state index contributed by atoms with van der Waals surface area (Å²) in [6, 6.07) is 6.76. The smallest absolute Gasteiger partial charge is 0.198 e. The molecular weight excluding hydrogens is 236 g/mol. The minimum Gasteiger partial charge on any atom is -0.368 e. The van der Waals surface area contributed by atoms with Gasteiger partial charge in [0, 0.05) is 7.05 Å². The van der Waals surface area contributed by atoms with Crippen LogP contribution in [-0.2, 0) is 9.84 Å². The van der Waals surface area contributed by atoms with Gasteiger partial charge in [0.25, 0.3) is 0 Å². The normalized spacial score (nSPS) is 26.1. The van der Waals surface area contributed by atoms with Crippen molar-refractivity contribution in [3.63, 3.8) is 0 Å². The molecule has 0 aromatic heterocycles. The van der Waals surface area contributed by atoms with Crippen LogP contribution in [0.2, 0.25) is 0 Å². The third-order valence-corrected chi connectivity index (χ3v) is 5.44. The van der Waals surface area contributed by atoms with Gasteiger partial charge in [-0.2, -0.15) is 5.26 Å². The van der Waals surface area contributed by atoms with Crippen molar-refractivity contribution in [2.75, 3.05) is 11.9 Å². The van der Waals surface area contributed by atoms with E-state index in [-0.39, 0.29) is 10.9 Å². The van der Waals surface area contributed by atoms with Crippen molar-refractivity contribution >= 4 is 15.5 Å². The van der Waals surface area contributed by atoms with E-state index in [0.717, 1.165) is 5.56 Å². The summed E-state index contributed by atoms with van der Waals surface area (Å²) in [7, 11) is -1.71. The number of sulfone groups is 1. The Morgan fingerprint density at radius 1 is 1.41 bits per heavy atom. The van der Waals surface area contributed by atoms with Gasteiger partial charge in [0.2, 0.25) is 0 Å². The van der Waals surface area contributed by atoms with Crippen LogP contribution >= 0.6 is 0 Å². The second-order valence-corrected chi connectivity index (χ2v) is 6.46. The minimum absolute atomic E-state index is 0.259. The SMILES string of the molecule is Cc1ccc2c(c1)N(C)C(C)C(C#N)S2(=O)=O. The van der Waals surface area contributed by atoms with Crippen LogP contribution in [0.5, 0.6) is 0 Å². The topological polar surface area (TPSA) is 61.2 Å². The van der Waals surface area contributed by atoms with Gasteiger partial charge >= 0.3 is 0 Å². The van der Waals surface area contributed by atoms with E-state index in [1.165, 1.54) is 0 Å². The molecule has 2 unspecified atom stereocenters. The lowest BCUT2D eigenvalue weighted by Gasteiger charge is -2.36. The van der Waals surface area contributed by atoms with Crippen molar-refractivity contribution in [1.82, 2.24) is 0 Å². The summed E-state index contributed by atoms with van der Waals surface area (Å²) >= 11 is 0. The summed E-state index contributed by atoms with van der Waals surface area (Å²) < 4.78 is 24.5. The van der Waals surface area contributed by atoms with Crippen LogP contribution in [0.4, 0.5) is 5.69 Å². The zero-order chi connectivity index (χ0) is 12.8. The van der Waals surface area contributed by atoms with Gasteiger partial charge in [-0.1, -0.05) is 6.07 Å². The van der Waals surface area contributed by atoms with E-state index < -0.39 is 15.1 Å². The molecule has 0 bridgehead atoms. The highest BCUT2D eigenvalue weighted by Crippen LogP contribution is 2.36. The molecule has 0 N–H and O–H groups in total. The lowest BCUT2D eigenvalue weighted by atomic mass is 10.1. The summed E-state index contributed by atoms with van der Waals surface area (Å²) in [5.41, 5.74) is 1.69. The molecule has 0 saturated carbocycles. The summed E-state index contributed by atoms with van der Waals surface area (Å²) in [6.07, 6.45) is 0. The minimum atomic E-state index is -3.53. The Morgan fingerprint density at radius 3 is 2.65 bits per heavy atom. The summed E-state index contributed by atoms with van der Waals surface area (Å²) in [5.74, 6) is 0. The van der Waals surface area contributed by atoms with Crippen molar-refractivity contribution in [2.24, 2.45) is 0 Å². The average molecular weight is 250 g/mol. The van der Waals surface area contributed by atoms with Gasteiger partial charge in [0.15, 0.2) is 15.1 Å². The van der Waals surface area contributed by atoms with E-state index in [2.05, 4.69) is 0 Å². The molecule has 1 heterocycles. The van der Waals surface area contributed by atoms with Crippen molar-refractivity contribution in [1.29, 1.82) is 5.26 Å². The monoisotopic (exact) mass is 250 g/mol. The first kappa shape index (κ1) is 11.9. The van der Waals surface area contributed by atoms with E-state index >= 15 is 0 Å². The van der Waals surface area contributed by atoms with Crippen molar-refractivity contribution in [3.05, 3.63) is 23.8 Å². The quantitative estimate of drug-likeness (QED) is 0.700. The zero-order valence-corrected chi connectivity index (χ0v) is 10.8. The molecule has 2 atom stereocenters. The number of nitriles is 1. The molecular formula is C12H14N2O2S. The highest BCUT2D eigenvalue weighted by Gasteiger charge is 2.41. The summed E-state index contributed by atoms with van der Waals surface area (Å²) in [4.78, 5) is 2.12. The predicted octanol–water partition coefficient (Wildman–Crippen LogP) is 1.50. The van der Waals surface area contributed by atoms with Crippen LogP contribution in [0, 0.1) is 18.3 Å². The Balaban J connectivity index is 2.76. The zero-order valence-electron chi connectivity index (χ0n) is 10.0. The third kappa shape index (κ3) is 1.60. The third-order valence-electron chi connectivity index (χ3n) is 3.31. The highest BCUT2D eigenvalue weighted by molar-refractivity contribution is 7.92. The molecule has 1 aromatic rings. The first-order chi connectivity index (χ1) is 7.89. The van der Waals surface area contributed by atoms with Gasteiger partial charge in [-0.05, 0) is 31.5 Å². The number of hydrogen-bond acceptors (Lipinski definition) is 4. The standard InChI is InChI=1S/C12H14N2O2S/c1-8-4-5-11-10(6-8)14(3)9(2)12(7-13)17(11,15)16/h4-6,9,12H,1-3H3. The van der Waals surface area contributed by atoms with Crippen LogP contribution in [-0.4, -0.2) is 26.8 Å². The predicted molar refractivity (Wildman–Crippen MR) is 65.6 cm³/mol. The van der Waals surface area contributed by atoms with Gasteiger partial charge in [0.1, 0.15) is 0 Å². The molecule has 0 aliphatic carbocycles. The van der Waals surface area contributed by atoms with Crippen LogP contribution < -0.4 is 4.90 Å². The second-order valence-electron chi connectivity index (χ2n) is 4.42. The van der Waals surface area contributed by atoms with Crippen LogP contribution in [0.1, 0.15) is 12.5 Å². The van der Waals surface area contributed by atoms with Gasteiger partial charge in [-0.3, -0.25) is 0 Å². The van der Waals surface area contributed by atoms with Crippen LogP contribution in [0.25, 0.3) is 0 Å². The van der Waals surface area contributed by atoms with E-state index in [9.17, 15) is 8.42 Å². The van der Waals surface area contributed by atoms with Crippen molar-refractivity contribution in [2.45, 2.75) is 30.0 Å². The highest BCUT2D eigenvalue weighted by atomic mass is 32.2. The number of aryl methyl sites for hydroxylation is 1. The van der Waals surface area contributed by atoms with Gasteiger partial charge in [-0.25, -0.2) is 8.42 Å². The largest absolute Gasteiger partial charge is 0.368 e. The summed E-state index contributed by atoms with van der Waals surface area (Å²) in [6.45, 7) is 3.68. The number of benzene rings is 1. The fraction of sp³-hybridized carbons (Fsp3) is 0.417. The molecule has 2 rings (SSSR count). The fourth-order valence-electron chi connectivity index (χ4n) is 2.14. The molecule has 17 heavy (non-hydrogen) atoms. The molecule has 1 aromatic carbocycles.